The van der Waals surface area contributed by atoms with E-state index in [-0.39, 0.29) is 17.9 Å². The third-order valence-corrected chi connectivity index (χ3v) is 7.01. The molecule has 0 amide bonds. The number of aromatic nitrogens is 1. The van der Waals surface area contributed by atoms with Crippen molar-refractivity contribution < 1.29 is 15.0 Å². The van der Waals surface area contributed by atoms with E-state index in [0.29, 0.717) is 0 Å². The molecule has 5 rings (SSSR count). The molecule has 0 aliphatic carbocycles. The molecule has 0 unspecified atom stereocenters. The number of carboxylic acid groups (broad SMARTS) is 1. The van der Waals surface area contributed by atoms with E-state index in [1.165, 1.54) is 5.56 Å². The molecule has 5 heteroatoms. The van der Waals surface area contributed by atoms with Gasteiger partial charge in [0.25, 0.3) is 0 Å². The molecule has 132 valence electrons. The number of hydrogen-bond acceptors (Lipinski definition) is 3. The number of fused-ring (bicyclic) bond motifs is 3. The smallest absolute Gasteiger partial charge is 0.357 e. The highest BCUT2D eigenvalue weighted by Gasteiger charge is 2.59. The molecule has 4 heterocycles. The highest BCUT2D eigenvalue weighted by molar-refractivity contribution is 5.89. The second-order valence-corrected chi connectivity index (χ2v) is 8.02. The number of carbonyl (C=O) groups is 1. The fraction of sp³-hybridized carbons (Fsp3) is 0.550. The van der Waals surface area contributed by atoms with Crippen LogP contribution < -0.4 is 0 Å². The van der Waals surface area contributed by atoms with Crippen LogP contribution in [0.15, 0.2) is 24.3 Å². The van der Waals surface area contributed by atoms with Crippen LogP contribution in [0.3, 0.4) is 0 Å². The zero-order chi connectivity index (χ0) is 17.4. The van der Waals surface area contributed by atoms with Crippen molar-refractivity contribution in [3.05, 3.63) is 35.5 Å². The third-order valence-electron chi connectivity index (χ3n) is 7.01. The zero-order valence-electron chi connectivity index (χ0n) is 14.5. The van der Waals surface area contributed by atoms with Gasteiger partial charge < -0.3 is 14.8 Å². The molecule has 5 nitrogen and oxygen atoms in total. The third kappa shape index (κ3) is 1.73. The largest absolute Gasteiger partial charge is 0.478 e. The van der Waals surface area contributed by atoms with Crippen molar-refractivity contribution in [2.45, 2.75) is 50.8 Å². The summed E-state index contributed by atoms with van der Waals surface area (Å²) in [6, 6.07) is 8.19. The fourth-order valence-electron chi connectivity index (χ4n) is 5.94. The lowest BCUT2D eigenvalue weighted by Crippen LogP contribution is -2.59. The summed E-state index contributed by atoms with van der Waals surface area (Å²) in [7, 11) is 0. The van der Waals surface area contributed by atoms with Gasteiger partial charge in [0.15, 0.2) is 0 Å². The molecule has 2 N–H and O–H groups in total. The van der Waals surface area contributed by atoms with Gasteiger partial charge in [-0.2, -0.15) is 0 Å². The monoisotopic (exact) mass is 340 g/mol. The Balaban J connectivity index is 1.91. The van der Waals surface area contributed by atoms with Gasteiger partial charge in [-0.25, -0.2) is 4.79 Å². The van der Waals surface area contributed by atoms with Gasteiger partial charge in [-0.05, 0) is 49.3 Å². The highest BCUT2D eigenvalue weighted by atomic mass is 16.4. The summed E-state index contributed by atoms with van der Waals surface area (Å²) < 4.78 is 1.76. The Morgan fingerprint density at radius 3 is 2.88 bits per heavy atom. The number of benzene rings is 1. The second-order valence-electron chi connectivity index (χ2n) is 8.02. The Morgan fingerprint density at radius 2 is 2.12 bits per heavy atom. The molecule has 2 aromatic rings. The quantitative estimate of drug-likeness (QED) is 0.882. The number of rotatable bonds is 2. The lowest BCUT2D eigenvalue weighted by Gasteiger charge is -2.57. The van der Waals surface area contributed by atoms with Crippen molar-refractivity contribution in [3.63, 3.8) is 0 Å². The molecule has 1 fully saturated rings. The Kier molecular flexibility index (Phi) is 3.00. The summed E-state index contributed by atoms with van der Waals surface area (Å²) in [6.07, 6.45) is 4.18. The predicted octanol–water partition coefficient (Wildman–Crippen LogP) is 2.86. The van der Waals surface area contributed by atoms with Crippen LogP contribution in [0.2, 0.25) is 0 Å². The molecule has 1 aromatic heterocycles. The molecule has 3 aliphatic rings. The van der Waals surface area contributed by atoms with Crippen LogP contribution in [0, 0.1) is 5.41 Å². The maximum absolute atomic E-state index is 12.2. The van der Waals surface area contributed by atoms with E-state index < -0.39 is 11.7 Å². The number of nitrogens with zero attached hydrogens (tertiary/aromatic N) is 2. The molecule has 3 atom stereocenters. The van der Waals surface area contributed by atoms with Crippen molar-refractivity contribution in [1.29, 1.82) is 0 Å². The Morgan fingerprint density at radius 1 is 1.32 bits per heavy atom. The zero-order valence-corrected chi connectivity index (χ0v) is 14.5. The number of piperidine rings is 1. The lowest BCUT2D eigenvalue weighted by molar-refractivity contribution is -0.190. The van der Waals surface area contributed by atoms with Crippen LogP contribution in [0.5, 0.6) is 0 Å². The second kappa shape index (κ2) is 4.86. The van der Waals surface area contributed by atoms with E-state index in [9.17, 15) is 15.0 Å². The predicted molar refractivity (Wildman–Crippen MR) is 94.4 cm³/mol. The number of para-hydroxylation sites is 1. The fourth-order valence-corrected chi connectivity index (χ4v) is 5.94. The summed E-state index contributed by atoms with van der Waals surface area (Å²) >= 11 is 0. The van der Waals surface area contributed by atoms with Gasteiger partial charge in [-0.3, -0.25) is 4.90 Å². The van der Waals surface area contributed by atoms with Crippen LogP contribution in [-0.4, -0.2) is 38.7 Å². The van der Waals surface area contributed by atoms with Gasteiger partial charge in [0.05, 0.1) is 11.6 Å². The Labute approximate surface area is 146 Å². The van der Waals surface area contributed by atoms with Crippen LogP contribution in [0.4, 0.5) is 0 Å². The molecule has 0 radical (unpaired) electrons. The van der Waals surface area contributed by atoms with E-state index in [2.05, 4.69) is 17.9 Å². The molecule has 0 spiro atoms. The first-order valence-electron chi connectivity index (χ1n) is 9.34. The first kappa shape index (κ1) is 15.4. The van der Waals surface area contributed by atoms with E-state index in [1.54, 1.807) is 4.57 Å². The van der Waals surface area contributed by atoms with Crippen molar-refractivity contribution in [3.8, 4) is 0 Å². The molecule has 3 aliphatic heterocycles. The maximum Gasteiger partial charge on any atom is 0.357 e. The van der Waals surface area contributed by atoms with Crippen molar-refractivity contribution >= 4 is 16.9 Å². The summed E-state index contributed by atoms with van der Waals surface area (Å²) in [4.78, 5) is 14.8. The number of aliphatic hydroxyl groups is 1. The van der Waals surface area contributed by atoms with Gasteiger partial charge in [-0.1, -0.05) is 25.1 Å². The summed E-state index contributed by atoms with van der Waals surface area (Å²) in [6.45, 7) is 4.25. The lowest BCUT2D eigenvalue weighted by atomic mass is 9.62. The Bertz CT molecular complexity index is 888. The van der Waals surface area contributed by atoms with Gasteiger partial charge in [-0.15, -0.1) is 0 Å². The first-order valence-corrected chi connectivity index (χ1v) is 9.34. The normalized spacial score (nSPS) is 34.1. The van der Waals surface area contributed by atoms with E-state index >= 15 is 0 Å². The molecular formula is C20H24N2O3. The minimum absolute atomic E-state index is 0.162. The standard InChI is InChI=1S/C20H24N2O3/c1-2-19-9-5-10-21-11-8-14-13-6-3-4-7-15(13)22(16(14)17(19)21)20(25,12-19)18(23)24/h3-4,6-7,17,25H,2,5,8-12H2,1H3,(H,23,24)/t17-,19+,20+/m1/s1. The Hall–Kier alpha value is -1.85. The highest BCUT2D eigenvalue weighted by Crippen LogP contribution is 2.60. The van der Waals surface area contributed by atoms with Crippen molar-refractivity contribution in [2.75, 3.05) is 13.1 Å². The SMILES string of the molecule is CC[C@]12CCCN3CCc4c(n(c5ccccc45)[C@@](O)(C(=O)O)C1)[C@@H]32. The van der Waals surface area contributed by atoms with E-state index in [1.807, 2.05) is 18.2 Å². The average molecular weight is 340 g/mol. The maximum atomic E-state index is 12.2. The summed E-state index contributed by atoms with van der Waals surface area (Å²) in [5.41, 5.74) is 1.14. The molecular weight excluding hydrogens is 316 g/mol. The molecule has 0 bridgehead atoms. The molecule has 0 saturated carbocycles. The average Bonchev–Trinajstić information content (AvgIpc) is 2.96. The number of aliphatic carboxylic acids is 1. The van der Waals surface area contributed by atoms with Crippen LogP contribution in [0.25, 0.3) is 10.9 Å². The van der Waals surface area contributed by atoms with Crippen LogP contribution >= 0.6 is 0 Å². The summed E-state index contributed by atoms with van der Waals surface area (Å²) in [5.74, 6) is -1.13. The minimum atomic E-state index is -1.86. The van der Waals surface area contributed by atoms with Crippen LogP contribution in [0.1, 0.15) is 49.9 Å². The van der Waals surface area contributed by atoms with E-state index in [0.717, 1.165) is 55.4 Å². The minimum Gasteiger partial charge on any atom is -0.478 e. The number of carboxylic acids is 1. The molecule has 1 saturated heterocycles. The van der Waals surface area contributed by atoms with E-state index in [4.69, 9.17) is 0 Å². The molecule has 25 heavy (non-hydrogen) atoms. The van der Waals surface area contributed by atoms with Gasteiger partial charge in [0.1, 0.15) is 0 Å². The van der Waals surface area contributed by atoms with Crippen molar-refractivity contribution in [1.82, 2.24) is 9.47 Å². The van der Waals surface area contributed by atoms with Gasteiger partial charge in [0.2, 0.25) is 5.72 Å². The first-order chi connectivity index (χ1) is 12.0. The molecule has 1 aromatic carbocycles. The van der Waals surface area contributed by atoms with Gasteiger partial charge in [0, 0.05) is 24.0 Å². The summed E-state index contributed by atoms with van der Waals surface area (Å²) in [5, 5.41) is 22.5. The van der Waals surface area contributed by atoms with Crippen LogP contribution in [-0.2, 0) is 16.9 Å². The topological polar surface area (TPSA) is 65.7 Å². The van der Waals surface area contributed by atoms with Crippen molar-refractivity contribution in [2.24, 2.45) is 5.41 Å². The van der Waals surface area contributed by atoms with Gasteiger partial charge >= 0.3 is 5.97 Å². The number of hydrogen-bond donors (Lipinski definition) is 2.